The van der Waals surface area contributed by atoms with Gasteiger partial charge in [-0.05, 0) is 17.7 Å². The molecule has 0 heterocycles. The summed E-state index contributed by atoms with van der Waals surface area (Å²) in [7, 11) is 0. The molecule has 14 heavy (non-hydrogen) atoms. The molecule has 0 unspecified atom stereocenters. The Labute approximate surface area is 79.4 Å². The van der Waals surface area contributed by atoms with E-state index in [0.717, 1.165) is 12.1 Å². The second kappa shape index (κ2) is 3.85. The molecule has 0 aromatic heterocycles. The average molecular weight is 194 g/mol. The molecule has 0 saturated carbocycles. The fourth-order valence-corrected chi connectivity index (χ4v) is 1.15. The van der Waals surface area contributed by atoms with Crippen molar-refractivity contribution in [1.29, 1.82) is 5.26 Å². The van der Waals surface area contributed by atoms with Crippen LogP contribution in [0.2, 0.25) is 0 Å². The van der Waals surface area contributed by atoms with E-state index in [1.165, 1.54) is 0 Å². The highest BCUT2D eigenvalue weighted by Crippen LogP contribution is 2.16. The van der Waals surface area contributed by atoms with Gasteiger partial charge in [0.1, 0.15) is 5.82 Å². The van der Waals surface area contributed by atoms with Crippen molar-refractivity contribution in [3.63, 3.8) is 0 Å². The zero-order valence-corrected chi connectivity index (χ0v) is 7.12. The van der Waals surface area contributed by atoms with Gasteiger partial charge in [0.2, 0.25) is 0 Å². The van der Waals surface area contributed by atoms with Gasteiger partial charge in [-0.1, -0.05) is 0 Å². The van der Waals surface area contributed by atoms with E-state index in [9.17, 15) is 9.18 Å². The van der Waals surface area contributed by atoms with Crippen LogP contribution in [0.1, 0.15) is 21.5 Å². The summed E-state index contributed by atoms with van der Waals surface area (Å²) in [6.07, 6.45) is 0. The number of nitriles is 1. The summed E-state index contributed by atoms with van der Waals surface area (Å²) in [5.74, 6) is -2.04. The third kappa shape index (κ3) is 1.70. The van der Waals surface area contributed by atoms with Crippen molar-refractivity contribution in [3.8, 4) is 6.07 Å². The summed E-state index contributed by atoms with van der Waals surface area (Å²) in [5, 5.41) is 17.3. The highest BCUT2D eigenvalue weighted by molar-refractivity contribution is 5.90. The normalized spacial score (nSPS) is 9.50. The van der Waals surface area contributed by atoms with Crippen LogP contribution in [-0.4, -0.2) is 11.1 Å². The van der Waals surface area contributed by atoms with Crippen LogP contribution in [0.15, 0.2) is 12.1 Å². The third-order valence-electron chi connectivity index (χ3n) is 1.77. The number of carboxylic acids is 1. The second-order valence-electron chi connectivity index (χ2n) is 2.60. The minimum atomic E-state index is -1.29. The zero-order chi connectivity index (χ0) is 10.7. The number of carboxylic acid groups (broad SMARTS) is 1. The van der Waals surface area contributed by atoms with Crippen LogP contribution in [0.4, 0.5) is 4.39 Å². The van der Waals surface area contributed by atoms with Gasteiger partial charge in [-0.25, -0.2) is 9.18 Å². The number of benzene rings is 1. The third-order valence-corrected chi connectivity index (χ3v) is 1.77. The van der Waals surface area contributed by atoms with E-state index in [-0.39, 0.29) is 23.2 Å². The van der Waals surface area contributed by atoms with Gasteiger partial charge < -0.3 is 10.8 Å². The van der Waals surface area contributed by atoms with Gasteiger partial charge in [-0.2, -0.15) is 5.26 Å². The number of rotatable bonds is 2. The summed E-state index contributed by atoms with van der Waals surface area (Å²) in [6, 6.07) is 3.52. The number of hydrogen-bond acceptors (Lipinski definition) is 3. The zero-order valence-electron chi connectivity index (χ0n) is 7.12. The summed E-state index contributed by atoms with van der Waals surface area (Å²) >= 11 is 0. The quantitative estimate of drug-likeness (QED) is 0.730. The number of carbonyl (C=O) groups is 1. The highest BCUT2D eigenvalue weighted by Gasteiger charge is 2.14. The van der Waals surface area contributed by atoms with Crippen molar-refractivity contribution >= 4 is 5.97 Å². The van der Waals surface area contributed by atoms with Crippen molar-refractivity contribution in [2.24, 2.45) is 5.73 Å². The SMILES string of the molecule is N#Cc1cc(F)cc(C(=O)O)c1CN. The Kier molecular flexibility index (Phi) is 2.79. The lowest BCUT2D eigenvalue weighted by atomic mass is 10.0. The molecule has 1 rings (SSSR count). The van der Waals surface area contributed by atoms with Crippen LogP contribution >= 0.6 is 0 Å². The van der Waals surface area contributed by atoms with E-state index in [4.69, 9.17) is 16.1 Å². The van der Waals surface area contributed by atoms with Gasteiger partial charge in [0.15, 0.2) is 0 Å². The molecule has 0 aliphatic rings. The van der Waals surface area contributed by atoms with Crippen LogP contribution < -0.4 is 5.73 Å². The molecule has 5 heteroatoms. The van der Waals surface area contributed by atoms with Crippen molar-refractivity contribution < 1.29 is 14.3 Å². The summed E-state index contributed by atoms with van der Waals surface area (Å²) < 4.78 is 12.8. The van der Waals surface area contributed by atoms with E-state index in [2.05, 4.69) is 0 Å². The predicted molar refractivity (Wildman–Crippen MR) is 46.0 cm³/mol. The number of nitrogens with two attached hydrogens (primary N) is 1. The monoisotopic (exact) mass is 194 g/mol. The van der Waals surface area contributed by atoms with E-state index < -0.39 is 11.8 Å². The molecule has 0 atom stereocenters. The fourth-order valence-electron chi connectivity index (χ4n) is 1.15. The standard InChI is InChI=1S/C9H7FN2O2/c10-6-1-5(3-11)8(4-12)7(2-6)9(13)14/h1-2H,4,12H2,(H,13,14). The molecule has 72 valence electrons. The van der Waals surface area contributed by atoms with Crippen LogP contribution in [0.5, 0.6) is 0 Å². The molecule has 0 saturated heterocycles. The molecule has 0 bridgehead atoms. The molecule has 1 aromatic rings. The Morgan fingerprint density at radius 2 is 2.29 bits per heavy atom. The minimum Gasteiger partial charge on any atom is -0.478 e. The van der Waals surface area contributed by atoms with Crippen LogP contribution in [0.25, 0.3) is 0 Å². The molecule has 3 N–H and O–H groups in total. The molecule has 0 amide bonds. The van der Waals surface area contributed by atoms with Gasteiger partial charge >= 0.3 is 5.97 Å². The van der Waals surface area contributed by atoms with Crippen LogP contribution in [-0.2, 0) is 6.54 Å². The van der Waals surface area contributed by atoms with Crippen molar-refractivity contribution in [2.75, 3.05) is 0 Å². The van der Waals surface area contributed by atoms with Gasteiger partial charge in [-0.15, -0.1) is 0 Å². The molecular formula is C9H7FN2O2. The largest absolute Gasteiger partial charge is 0.478 e. The summed E-state index contributed by atoms with van der Waals surface area (Å²) in [5.41, 5.74) is 5.13. The maximum Gasteiger partial charge on any atom is 0.336 e. The van der Waals surface area contributed by atoms with Crippen molar-refractivity contribution in [2.45, 2.75) is 6.54 Å². The topological polar surface area (TPSA) is 87.1 Å². The number of hydrogen-bond donors (Lipinski definition) is 2. The first-order chi connectivity index (χ1) is 6.60. The smallest absolute Gasteiger partial charge is 0.336 e. The molecule has 1 aromatic carbocycles. The summed E-state index contributed by atoms with van der Waals surface area (Å²) in [4.78, 5) is 10.7. The lowest BCUT2D eigenvalue weighted by Gasteiger charge is -2.05. The first-order valence-corrected chi connectivity index (χ1v) is 3.76. The Balaban J connectivity index is 3.49. The molecule has 0 radical (unpaired) electrons. The Bertz CT molecular complexity index is 424. The molecule has 4 nitrogen and oxygen atoms in total. The fraction of sp³-hybridized carbons (Fsp3) is 0.111. The maximum atomic E-state index is 12.8. The lowest BCUT2D eigenvalue weighted by molar-refractivity contribution is 0.0695. The van der Waals surface area contributed by atoms with Gasteiger partial charge in [0.05, 0.1) is 17.2 Å². The van der Waals surface area contributed by atoms with Gasteiger partial charge in [0, 0.05) is 6.54 Å². The first kappa shape index (κ1) is 10.2. The minimum absolute atomic E-state index is 0.0371. The average Bonchev–Trinajstić information content (AvgIpc) is 2.16. The predicted octanol–water partition coefficient (Wildman–Crippen LogP) is 0.854. The molecule has 0 spiro atoms. The molecule has 0 aliphatic heterocycles. The van der Waals surface area contributed by atoms with Crippen LogP contribution in [0.3, 0.4) is 0 Å². The number of halogens is 1. The molecule has 0 aliphatic carbocycles. The summed E-state index contributed by atoms with van der Waals surface area (Å²) in [6.45, 7) is -0.106. The number of nitrogens with zero attached hydrogens (tertiary/aromatic N) is 1. The highest BCUT2D eigenvalue weighted by atomic mass is 19.1. The van der Waals surface area contributed by atoms with Crippen molar-refractivity contribution in [1.82, 2.24) is 0 Å². The first-order valence-electron chi connectivity index (χ1n) is 3.76. The Hall–Kier alpha value is -1.93. The van der Waals surface area contributed by atoms with E-state index in [1.54, 1.807) is 6.07 Å². The molecular weight excluding hydrogens is 187 g/mol. The maximum absolute atomic E-state index is 12.8. The van der Waals surface area contributed by atoms with Gasteiger partial charge in [-0.3, -0.25) is 0 Å². The molecule has 0 fully saturated rings. The Morgan fingerprint density at radius 1 is 1.64 bits per heavy atom. The van der Waals surface area contributed by atoms with E-state index in [1.807, 2.05) is 0 Å². The lowest BCUT2D eigenvalue weighted by Crippen LogP contribution is -2.10. The van der Waals surface area contributed by atoms with E-state index in [0.29, 0.717) is 0 Å². The van der Waals surface area contributed by atoms with Crippen molar-refractivity contribution in [3.05, 3.63) is 34.6 Å². The van der Waals surface area contributed by atoms with Crippen LogP contribution in [0, 0.1) is 17.1 Å². The Morgan fingerprint density at radius 3 is 2.71 bits per heavy atom. The second-order valence-corrected chi connectivity index (χ2v) is 2.60. The number of aromatic carboxylic acids is 1. The van der Waals surface area contributed by atoms with E-state index >= 15 is 0 Å². The van der Waals surface area contributed by atoms with Gasteiger partial charge in [0.25, 0.3) is 0 Å².